The number of carboxylic acid groups (broad SMARTS) is 1. The van der Waals surface area contributed by atoms with E-state index < -0.39 is 11.9 Å². The molecule has 102 valence electrons. The third-order valence-electron chi connectivity index (χ3n) is 3.40. The molecule has 20 heavy (non-hydrogen) atoms. The number of pyridine rings is 1. The molecule has 1 unspecified atom stereocenters. The minimum absolute atomic E-state index is 0.0362. The average molecular weight is 273 g/mol. The van der Waals surface area contributed by atoms with Crippen LogP contribution in [0.2, 0.25) is 0 Å². The number of aromatic carboxylic acids is 1. The van der Waals surface area contributed by atoms with E-state index >= 15 is 0 Å². The molecule has 1 saturated heterocycles. The monoisotopic (exact) mass is 273 g/mol. The second-order valence-corrected chi connectivity index (χ2v) is 4.61. The Hall–Kier alpha value is -2.70. The van der Waals surface area contributed by atoms with Crippen LogP contribution in [0, 0.1) is 0 Å². The van der Waals surface area contributed by atoms with Gasteiger partial charge in [0.25, 0.3) is 0 Å². The van der Waals surface area contributed by atoms with Crippen molar-refractivity contribution in [1.29, 1.82) is 0 Å². The van der Waals surface area contributed by atoms with Gasteiger partial charge in [-0.2, -0.15) is 0 Å². The zero-order valence-corrected chi connectivity index (χ0v) is 10.4. The summed E-state index contributed by atoms with van der Waals surface area (Å²) < 4.78 is 1.43. The van der Waals surface area contributed by atoms with E-state index in [0.717, 1.165) is 0 Å². The van der Waals surface area contributed by atoms with Gasteiger partial charge in [0, 0.05) is 18.2 Å². The van der Waals surface area contributed by atoms with E-state index in [4.69, 9.17) is 5.11 Å². The van der Waals surface area contributed by atoms with Crippen molar-refractivity contribution >= 4 is 23.4 Å². The first-order chi connectivity index (χ1) is 9.58. The van der Waals surface area contributed by atoms with E-state index in [2.05, 4.69) is 10.3 Å². The summed E-state index contributed by atoms with van der Waals surface area (Å²) in [7, 11) is 0. The molecule has 0 aromatic carbocycles. The highest BCUT2D eigenvalue weighted by molar-refractivity contribution is 6.01. The lowest BCUT2D eigenvalue weighted by atomic mass is 9.91. The highest BCUT2D eigenvalue weighted by Crippen LogP contribution is 2.28. The van der Waals surface area contributed by atoms with Gasteiger partial charge in [0.1, 0.15) is 5.65 Å². The van der Waals surface area contributed by atoms with Crippen LogP contribution in [0.25, 0.3) is 5.65 Å². The van der Waals surface area contributed by atoms with Crippen LogP contribution in [0.5, 0.6) is 0 Å². The fraction of sp³-hybridized carbons (Fsp3) is 0.231. The number of nitrogens with zero attached hydrogens (tertiary/aromatic N) is 2. The molecule has 7 nitrogen and oxygen atoms in total. The van der Waals surface area contributed by atoms with Crippen LogP contribution in [0.3, 0.4) is 0 Å². The normalized spacial score (nSPS) is 19.1. The van der Waals surface area contributed by atoms with E-state index in [-0.39, 0.29) is 23.9 Å². The highest BCUT2D eigenvalue weighted by atomic mass is 16.4. The third-order valence-corrected chi connectivity index (χ3v) is 3.40. The van der Waals surface area contributed by atoms with Crippen LogP contribution in [-0.2, 0) is 9.59 Å². The van der Waals surface area contributed by atoms with Crippen molar-refractivity contribution in [2.45, 2.75) is 18.8 Å². The van der Waals surface area contributed by atoms with Crippen LogP contribution in [0.1, 0.15) is 34.8 Å². The fourth-order valence-corrected chi connectivity index (χ4v) is 2.45. The van der Waals surface area contributed by atoms with Crippen molar-refractivity contribution < 1.29 is 19.5 Å². The molecule has 0 aliphatic carbocycles. The number of carboxylic acids is 1. The van der Waals surface area contributed by atoms with Crippen LogP contribution >= 0.6 is 0 Å². The molecule has 1 aliphatic heterocycles. The maximum atomic E-state index is 11.9. The number of imide groups is 1. The Morgan fingerprint density at radius 1 is 1.45 bits per heavy atom. The first kappa shape index (κ1) is 12.3. The fourth-order valence-electron chi connectivity index (χ4n) is 2.45. The highest BCUT2D eigenvalue weighted by Gasteiger charge is 2.30. The number of aromatic nitrogens is 2. The van der Waals surface area contributed by atoms with E-state index in [0.29, 0.717) is 17.6 Å². The molecule has 0 saturated carbocycles. The van der Waals surface area contributed by atoms with E-state index in [1.807, 2.05) is 0 Å². The molecule has 2 aromatic rings. The van der Waals surface area contributed by atoms with Crippen molar-refractivity contribution in [2.75, 3.05) is 0 Å². The predicted octanol–water partition coefficient (Wildman–Crippen LogP) is 0.553. The van der Waals surface area contributed by atoms with Gasteiger partial charge in [-0.05, 0) is 12.5 Å². The van der Waals surface area contributed by atoms with Gasteiger partial charge in [-0.3, -0.25) is 19.3 Å². The number of piperidine rings is 1. The molecule has 1 fully saturated rings. The Morgan fingerprint density at radius 2 is 2.25 bits per heavy atom. The zero-order valence-electron chi connectivity index (χ0n) is 10.4. The lowest BCUT2D eigenvalue weighted by Crippen LogP contribution is -2.39. The number of nitrogens with one attached hydrogen (secondary N) is 1. The number of amides is 2. The van der Waals surface area contributed by atoms with E-state index in [1.54, 1.807) is 18.3 Å². The largest absolute Gasteiger partial charge is 0.477 e. The predicted molar refractivity (Wildman–Crippen MR) is 67.3 cm³/mol. The average Bonchev–Trinajstić information content (AvgIpc) is 2.82. The summed E-state index contributed by atoms with van der Waals surface area (Å²) in [5.41, 5.74) is 1.10. The zero-order chi connectivity index (χ0) is 14.3. The summed E-state index contributed by atoms with van der Waals surface area (Å²) in [5.74, 6) is -2.22. The second kappa shape index (κ2) is 4.44. The third kappa shape index (κ3) is 1.83. The molecule has 0 bridgehead atoms. The number of hydrogen-bond acceptors (Lipinski definition) is 4. The van der Waals surface area contributed by atoms with Crippen LogP contribution in [0.4, 0.5) is 0 Å². The van der Waals surface area contributed by atoms with Gasteiger partial charge in [0.2, 0.25) is 11.8 Å². The van der Waals surface area contributed by atoms with Crippen LogP contribution in [0.15, 0.2) is 24.5 Å². The lowest BCUT2D eigenvalue weighted by Gasteiger charge is -2.21. The van der Waals surface area contributed by atoms with Crippen molar-refractivity contribution in [1.82, 2.24) is 14.7 Å². The van der Waals surface area contributed by atoms with Gasteiger partial charge in [-0.1, -0.05) is 6.07 Å². The van der Waals surface area contributed by atoms with Gasteiger partial charge in [-0.15, -0.1) is 0 Å². The molecular formula is C13H11N3O4. The summed E-state index contributed by atoms with van der Waals surface area (Å²) in [5, 5.41) is 11.4. The van der Waals surface area contributed by atoms with Gasteiger partial charge in [0.05, 0.1) is 12.1 Å². The number of fused-ring (bicyclic) bond motifs is 1. The second-order valence-electron chi connectivity index (χ2n) is 4.61. The van der Waals surface area contributed by atoms with Crippen molar-refractivity contribution in [3.05, 3.63) is 35.8 Å². The quantitative estimate of drug-likeness (QED) is 0.778. The summed E-state index contributed by atoms with van der Waals surface area (Å²) in [6, 6.07) is 3.40. The number of hydrogen-bond donors (Lipinski definition) is 2. The Balaban J connectivity index is 2.10. The van der Waals surface area contributed by atoms with Crippen molar-refractivity contribution in [3.63, 3.8) is 0 Å². The van der Waals surface area contributed by atoms with E-state index in [1.165, 1.54) is 10.6 Å². The van der Waals surface area contributed by atoms with Gasteiger partial charge >= 0.3 is 5.97 Å². The van der Waals surface area contributed by atoms with Gasteiger partial charge < -0.3 is 5.11 Å². The number of carbonyl (C=O) groups is 3. The molecule has 1 aliphatic rings. The van der Waals surface area contributed by atoms with E-state index in [9.17, 15) is 14.4 Å². The Kier molecular flexibility index (Phi) is 2.74. The maximum absolute atomic E-state index is 11.9. The minimum atomic E-state index is -1.09. The summed E-state index contributed by atoms with van der Waals surface area (Å²) in [4.78, 5) is 38.3. The van der Waals surface area contributed by atoms with Crippen LogP contribution in [-0.4, -0.2) is 32.3 Å². The standard InChI is InChI=1S/C13H11N3O4/c17-10-4-3-8(12(18)15-10)7-2-1-5-16-9(13(19)20)6-14-11(7)16/h1-2,5-6,8H,3-4H2,(H,19,20)(H,15,17,18). The molecule has 3 rings (SSSR count). The Bertz CT molecular complexity index is 734. The smallest absolute Gasteiger partial charge is 0.354 e. The van der Waals surface area contributed by atoms with Crippen LogP contribution < -0.4 is 5.32 Å². The first-order valence-electron chi connectivity index (χ1n) is 6.11. The lowest BCUT2D eigenvalue weighted by molar-refractivity contribution is -0.134. The molecule has 7 heteroatoms. The van der Waals surface area contributed by atoms with Gasteiger partial charge in [0.15, 0.2) is 5.69 Å². The Morgan fingerprint density at radius 3 is 2.95 bits per heavy atom. The number of imidazole rings is 1. The maximum Gasteiger partial charge on any atom is 0.354 e. The topological polar surface area (TPSA) is 101 Å². The minimum Gasteiger partial charge on any atom is -0.477 e. The van der Waals surface area contributed by atoms with Crippen molar-refractivity contribution in [3.8, 4) is 0 Å². The summed E-state index contributed by atoms with van der Waals surface area (Å²) in [6.45, 7) is 0. The molecule has 0 radical (unpaired) electrons. The molecule has 2 aromatic heterocycles. The molecule has 3 heterocycles. The van der Waals surface area contributed by atoms with Gasteiger partial charge in [-0.25, -0.2) is 9.78 Å². The molecule has 2 N–H and O–H groups in total. The first-order valence-corrected chi connectivity index (χ1v) is 6.11. The molecular weight excluding hydrogens is 262 g/mol. The van der Waals surface area contributed by atoms with Crippen molar-refractivity contribution in [2.24, 2.45) is 0 Å². The molecule has 0 spiro atoms. The summed E-state index contributed by atoms with van der Waals surface area (Å²) in [6.07, 6.45) is 3.51. The summed E-state index contributed by atoms with van der Waals surface area (Å²) >= 11 is 0. The molecule has 2 amide bonds. The number of carbonyl (C=O) groups excluding carboxylic acids is 2. The SMILES string of the molecule is O=C1CCC(c2cccn3c(C(=O)O)cnc23)C(=O)N1. The number of rotatable bonds is 2. The Labute approximate surface area is 113 Å². The molecule has 1 atom stereocenters.